The van der Waals surface area contributed by atoms with E-state index in [4.69, 9.17) is 26.6 Å². The largest absolute Gasteiger partial charge is 0.634 e. The molecule has 1 amide bonds. The van der Waals surface area contributed by atoms with Gasteiger partial charge in [-0.3, -0.25) is 9.80 Å². The highest BCUT2D eigenvalue weighted by Crippen LogP contribution is 2.41. The Kier molecular flexibility index (Phi) is 8.39. The second kappa shape index (κ2) is 10.3. The standard InChI is InChI=1S/C21H27ClF3N3O5/c1-5-7-12-17-13(14(21(23,24)25)11-16(29)33-17)10-15(22)18(12)32-9-6-8-28(26)19(30)20(2,3)27(4)31/h10-11,27H,5-9,26H2,1-4H3. The number of aryl methyl sites for hydroxylation is 1. The maximum absolute atomic E-state index is 13.5. The first-order valence-electron chi connectivity index (χ1n) is 10.3. The average molecular weight is 494 g/mol. The molecule has 33 heavy (non-hydrogen) atoms. The number of halogens is 4. The number of hydrazine groups is 1. The van der Waals surface area contributed by atoms with Crippen LogP contribution in [0.5, 0.6) is 5.75 Å². The third kappa shape index (κ3) is 5.97. The van der Waals surface area contributed by atoms with Gasteiger partial charge in [0.15, 0.2) is 5.54 Å². The average Bonchev–Trinajstić information content (AvgIpc) is 2.71. The molecule has 0 spiro atoms. The summed E-state index contributed by atoms with van der Waals surface area (Å²) in [6, 6.07) is 1.45. The number of quaternary nitrogens is 1. The fourth-order valence-corrected chi connectivity index (χ4v) is 3.48. The van der Waals surface area contributed by atoms with Crippen molar-refractivity contribution < 1.29 is 32.2 Å². The van der Waals surface area contributed by atoms with Gasteiger partial charge in [0.05, 0.1) is 24.2 Å². The summed E-state index contributed by atoms with van der Waals surface area (Å²) in [5.41, 5.74) is -3.51. The number of rotatable bonds is 9. The summed E-state index contributed by atoms with van der Waals surface area (Å²) in [5.74, 6) is 5.33. The number of hydroxylamine groups is 2. The van der Waals surface area contributed by atoms with Gasteiger partial charge in [0, 0.05) is 43.8 Å². The predicted octanol–water partition coefficient (Wildman–Crippen LogP) is 2.68. The number of carbonyl (C=O) groups excluding carboxylic acids is 1. The highest BCUT2D eigenvalue weighted by atomic mass is 35.5. The first kappa shape index (κ1) is 26.9. The van der Waals surface area contributed by atoms with Crippen LogP contribution >= 0.6 is 11.6 Å². The summed E-state index contributed by atoms with van der Waals surface area (Å²) in [6.07, 6.45) is -3.74. The summed E-state index contributed by atoms with van der Waals surface area (Å²) in [7, 11) is 1.30. The van der Waals surface area contributed by atoms with E-state index in [0.29, 0.717) is 12.5 Å². The van der Waals surface area contributed by atoms with Gasteiger partial charge < -0.3 is 19.4 Å². The van der Waals surface area contributed by atoms with Crippen molar-refractivity contribution in [3.63, 3.8) is 0 Å². The minimum atomic E-state index is -4.77. The molecule has 0 saturated carbocycles. The Morgan fingerprint density at radius 1 is 1.33 bits per heavy atom. The molecule has 0 saturated heterocycles. The third-order valence-electron chi connectivity index (χ3n) is 5.31. The summed E-state index contributed by atoms with van der Waals surface area (Å²) < 4.78 is 51.2. The Balaban J connectivity index is 2.29. The summed E-state index contributed by atoms with van der Waals surface area (Å²) >= 11 is 6.25. The van der Waals surface area contributed by atoms with Gasteiger partial charge in [0.25, 0.3) is 5.91 Å². The number of nitrogens with zero attached hydrogens (tertiary/aromatic N) is 1. The van der Waals surface area contributed by atoms with Crippen LogP contribution in [-0.2, 0) is 17.4 Å². The van der Waals surface area contributed by atoms with Crippen molar-refractivity contribution >= 4 is 28.5 Å². The van der Waals surface area contributed by atoms with Crippen LogP contribution in [0.4, 0.5) is 13.2 Å². The SMILES string of the molecule is CCCc1c(OCCCN(N)C(=O)C(C)(C)[NH+](C)[O-])c(Cl)cc2c(C(F)(F)F)cc(=O)oc12. The molecule has 0 aliphatic heterocycles. The topological polar surface area (TPSA) is 113 Å². The molecule has 0 bridgehead atoms. The number of fused-ring (bicyclic) bond motifs is 1. The number of hydrogen-bond acceptors (Lipinski definition) is 6. The Labute approximate surface area is 193 Å². The maximum atomic E-state index is 13.5. The normalized spacial score (nSPS) is 13.3. The zero-order valence-corrected chi connectivity index (χ0v) is 19.5. The van der Waals surface area contributed by atoms with Gasteiger partial charge in [0.2, 0.25) is 0 Å². The molecule has 1 heterocycles. The van der Waals surface area contributed by atoms with Crippen molar-refractivity contribution in [1.29, 1.82) is 0 Å². The van der Waals surface area contributed by atoms with Gasteiger partial charge >= 0.3 is 11.8 Å². The molecule has 0 fully saturated rings. The first-order chi connectivity index (χ1) is 15.2. The number of nitrogens with two attached hydrogens (primary N) is 1. The smallest absolute Gasteiger partial charge is 0.417 e. The first-order valence-corrected chi connectivity index (χ1v) is 10.7. The van der Waals surface area contributed by atoms with Gasteiger partial charge in [-0.25, -0.2) is 10.6 Å². The maximum Gasteiger partial charge on any atom is 0.417 e. The zero-order chi connectivity index (χ0) is 25.1. The van der Waals surface area contributed by atoms with Crippen LogP contribution in [0.25, 0.3) is 11.0 Å². The number of benzene rings is 1. The van der Waals surface area contributed by atoms with E-state index in [0.717, 1.165) is 11.1 Å². The van der Waals surface area contributed by atoms with E-state index in [1.54, 1.807) is 6.92 Å². The molecule has 1 aromatic carbocycles. The van der Waals surface area contributed by atoms with Crippen molar-refractivity contribution in [3.8, 4) is 5.75 Å². The molecule has 0 aliphatic rings. The summed E-state index contributed by atoms with van der Waals surface area (Å²) in [5, 5.41) is 11.8. The molecule has 184 valence electrons. The van der Waals surface area contributed by atoms with E-state index in [1.165, 1.54) is 20.9 Å². The van der Waals surface area contributed by atoms with Crippen LogP contribution in [0.3, 0.4) is 0 Å². The van der Waals surface area contributed by atoms with Crippen molar-refractivity contribution in [1.82, 2.24) is 5.01 Å². The number of carbonyl (C=O) groups is 1. The second-order valence-corrected chi connectivity index (χ2v) is 8.56. The van der Waals surface area contributed by atoms with Crippen molar-refractivity contribution in [3.05, 3.63) is 43.9 Å². The molecular weight excluding hydrogens is 467 g/mol. The molecule has 12 heteroatoms. The Hall–Kier alpha value is -2.34. The molecule has 0 aliphatic carbocycles. The lowest BCUT2D eigenvalue weighted by molar-refractivity contribution is -0.869. The number of likely N-dealkylation sites (N-methyl/N-ethyl adjacent to an activating group) is 1. The molecule has 0 radical (unpaired) electrons. The summed E-state index contributed by atoms with van der Waals surface area (Å²) in [4.78, 5) is 24.2. The highest BCUT2D eigenvalue weighted by molar-refractivity contribution is 6.33. The van der Waals surface area contributed by atoms with Crippen LogP contribution in [0.15, 0.2) is 21.3 Å². The third-order valence-corrected chi connectivity index (χ3v) is 5.59. The van der Waals surface area contributed by atoms with E-state index in [-0.39, 0.29) is 58.4 Å². The van der Waals surface area contributed by atoms with Crippen LogP contribution in [-0.4, -0.2) is 36.7 Å². The number of nitrogens with one attached hydrogen (secondary N) is 1. The van der Waals surface area contributed by atoms with Crippen LogP contribution in [0.2, 0.25) is 5.02 Å². The quantitative estimate of drug-likeness (QED) is 0.182. The minimum Gasteiger partial charge on any atom is -0.634 e. The van der Waals surface area contributed by atoms with Gasteiger partial charge in [0.1, 0.15) is 11.3 Å². The lowest BCUT2D eigenvalue weighted by atomic mass is 10.0. The van der Waals surface area contributed by atoms with Crippen molar-refractivity contribution in [2.24, 2.45) is 5.84 Å². The molecule has 2 aromatic rings. The number of hydrogen-bond donors (Lipinski definition) is 2. The Morgan fingerprint density at radius 3 is 2.52 bits per heavy atom. The number of ether oxygens (including phenoxy) is 1. The number of alkyl halides is 3. The minimum absolute atomic E-state index is 0.0205. The van der Waals surface area contributed by atoms with E-state index >= 15 is 0 Å². The highest BCUT2D eigenvalue weighted by Gasteiger charge is 2.36. The van der Waals surface area contributed by atoms with Gasteiger partial charge in [-0.2, -0.15) is 13.2 Å². The van der Waals surface area contributed by atoms with Gasteiger partial charge in [-0.05, 0) is 12.5 Å². The fraction of sp³-hybridized carbons (Fsp3) is 0.524. The van der Waals surface area contributed by atoms with E-state index in [9.17, 15) is 28.0 Å². The molecule has 1 unspecified atom stereocenters. The monoisotopic (exact) mass is 493 g/mol. The summed E-state index contributed by atoms with van der Waals surface area (Å²) in [6.45, 7) is 4.84. The van der Waals surface area contributed by atoms with E-state index in [2.05, 4.69) is 0 Å². The fourth-order valence-electron chi connectivity index (χ4n) is 3.20. The van der Waals surface area contributed by atoms with E-state index < -0.39 is 28.8 Å². The lowest BCUT2D eigenvalue weighted by Crippen LogP contribution is -3.14. The lowest BCUT2D eigenvalue weighted by Gasteiger charge is -2.36. The molecular formula is C21H27ClF3N3O5. The van der Waals surface area contributed by atoms with Crippen molar-refractivity contribution in [2.75, 3.05) is 20.2 Å². The zero-order valence-electron chi connectivity index (χ0n) is 18.8. The molecule has 3 N–H and O–H groups in total. The van der Waals surface area contributed by atoms with Gasteiger partial charge in [-0.15, -0.1) is 0 Å². The Morgan fingerprint density at radius 2 is 1.97 bits per heavy atom. The predicted molar refractivity (Wildman–Crippen MR) is 117 cm³/mol. The van der Waals surface area contributed by atoms with Crippen molar-refractivity contribution in [2.45, 2.75) is 51.7 Å². The molecule has 2 rings (SSSR count). The second-order valence-electron chi connectivity index (χ2n) is 8.15. The van der Waals surface area contributed by atoms with Crippen LogP contribution in [0.1, 0.15) is 44.7 Å². The van der Waals surface area contributed by atoms with Gasteiger partial charge in [-0.1, -0.05) is 24.9 Å². The van der Waals surface area contributed by atoms with Crippen LogP contribution in [0, 0.1) is 5.21 Å². The molecule has 1 aromatic heterocycles. The van der Waals surface area contributed by atoms with E-state index in [1.807, 2.05) is 0 Å². The number of amides is 1. The molecule has 1 atom stereocenters. The van der Waals surface area contributed by atoms with Crippen LogP contribution < -0.4 is 21.3 Å². The Bertz CT molecular complexity index is 1070. The molecule has 8 nitrogen and oxygen atoms in total.